The summed E-state index contributed by atoms with van der Waals surface area (Å²) in [5, 5.41) is 15.7. The number of carboxylic acids is 1. The molecule has 0 saturated heterocycles. The second-order valence-electron chi connectivity index (χ2n) is 6.29. The zero-order valence-electron chi connectivity index (χ0n) is 15.7. The summed E-state index contributed by atoms with van der Waals surface area (Å²) in [6, 6.07) is 17.1. The smallest absolute Gasteiger partial charge is 0.341 e. The predicted molar refractivity (Wildman–Crippen MR) is 107 cm³/mol. The fraction of sp³-hybridized carbons (Fsp3) is 0.143. The van der Waals surface area contributed by atoms with Crippen molar-refractivity contribution in [2.45, 2.75) is 13.5 Å². The molecule has 1 aromatic heterocycles. The van der Waals surface area contributed by atoms with Crippen molar-refractivity contribution in [2.75, 3.05) is 11.9 Å². The van der Waals surface area contributed by atoms with Gasteiger partial charge in [-0.05, 0) is 36.8 Å². The van der Waals surface area contributed by atoms with Gasteiger partial charge in [-0.3, -0.25) is 9.59 Å². The molecule has 0 spiro atoms. The number of aliphatic carboxylic acids is 1. The lowest BCUT2D eigenvalue weighted by atomic mass is 10.1. The lowest BCUT2D eigenvalue weighted by Gasteiger charge is -2.11. The van der Waals surface area contributed by atoms with Crippen LogP contribution in [0.2, 0.25) is 0 Å². The van der Waals surface area contributed by atoms with Crippen LogP contribution in [0.1, 0.15) is 5.56 Å². The van der Waals surface area contributed by atoms with Gasteiger partial charge >= 0.3 is 5.97 Å². The summed E-state index contributed by atoms with van der Waals surface area (Å²) in [7, 11) is 0. The van der Waals surface area contributed by atoms with Crippen LogP contribution in [-0.2, 0) is 16.1 Å². The molecule has 3 rings (SSSR count). The molecule has 0 bridgehead atoms. The van der Waals surface area contributed by atoms with E-state index in [2.05, 4.69) is 10.4 Å². The molecule has 29 heavy (non-hydrogen) atoms. The quantitative estimate of drug-likeness (QED) is 0.637. The molecular weight excluding hydrogens is 374 g/mol. The molecule has 0 fully saturated rings. The third-order valence-electron chi connectivity index (χ3n) is 4.06. The van der Waals surface area contributed by atoms with E-state index in [1.165, 1.54) is 6.07 Å². The third-order valence-corrected chi connectivity index (χ3v) is 4.06. The van der Waals surface area contributed by atoms with Crippen molar-refractivity contribution in [3.8, 4) is 17.0 Å². The lowest BCUT2D eigenvalue weighted by molar-refractivity contribution is -0.139. The van der Waals surface area contributed by atoms with Gasteiger partial charge < -0.3 is 15.2 Å². The van der Waals surface area contributed by atoms with Gasteiger partial charge in [-0.15, -0.1) is 0 Å². The molecule has 8 heteroatoms. The molecule has 3 aromatic rings. The lowest BCUT2D eigenvalue weighted by Crippen LogP contribution is -2.29. The number of ether oxygens (including phenoxy) is 1. The van der Waals surface area contributed by atoms with Gasteiger partial charge in [0.2, 0.25) is 5.91 Å². The Kier molecular flexibility index (Phi) is 6.03. The zero-order valence-corrected chi connectivity index (χ0v) is 15.7. The Hall–Kier alpha value is -3.94. The van der Waals surface area contributed by atoms with E-state index in [4.69, 9.17) is 9.84 Å². The molecule has 148 valence electrons. The summed E-state index contributed by atoms with van der Waals surface area (Å²) in [6.07, 6.45) is 0. The number of rotatable bonds is 7. The first-order chi connectivity index (χ1) is 13.9. The van der Waals surface area contributed by atoms with Gasteiger partial charge in [0.25, 0.3) is 5.56 Å². The van der Waals surface area contributed by atoms with Gasteiger partial charge in [0.15, 0.2) is 6.61 Å². The van der Waals surface area contributed by atoms with Crippen molar-refractivity contribution in [3.63, 3.8) is 0 Å². The highest BCUT2D eigenvalue weighted by Crippen LogP contribution is 2.21. The van der Waals surface area contributed by atoms with Crippen LogP contribution in [0.25, 0.3) is 11.3 Å². The minimum Gasteiger partial charge on any atom is -0.482 e. The standard InChI is InChI=1S/C21H19N3O5/c1-14-11-16(29-13-21(27)28)7-8-17(14)22-19(25)12-24-20(26)10-9-18(23-24)15-5-3-2-4-6-15/h2-11H,12-13H2,1H3,(H,22,25)(H,27,28). The number of carboxylic acid groups (broad SMARTS) is 1. The van der Waals surface area contributed by atoms with Crippen LogP contribution >= 0.6 is 0 Å². The summed E-state index contributed by atoms with van der Waals surface area (Å²) in [5.41, 5.74) is 2.28. The number of hydrogen-bond donors (Lipinski definition) is 2. The van der Waals surface area contributed by atoms with Crippen LogP contribution in [-0.4, -0.2) is 33.4 Å². The van der Waals surface area contributed by atoms with Gasteiger partial charge in [0, 0.05) is 17.3 Å². The highest BCUT2D eigenvalue weighted by atomic mass is 16.5. The molecule has 0 unspecified atom stereocenters. The molecule has 0 aliphatic rings. The number of aromatic nitrogens is 2. The topological polar surface area (TPSA) is 111 Å². The Morgan fingerprint density at radius 3 is 2.55 bits per heavy atom. The normalized spacial score (nSPS) is 10.4. The molecule has 0 aliphatic heterocycles. The molecule has 1 heterocycles. The van der Waals surface area contributed by atoms with Crippen LogP contribution < -0.4 is 15.6 Å². The van der Waals surface area contributed by atoms with Crippen LogP contribution in [0.3, 0.4) is 0 Å². The first kappa shape index (κ1) is 19.8. The number of anilines is 1. The summed E-state index contributed by atoms with van der Waals surface area (Å²) in [6.45, 7) is 1.07. The Labute approximate surface area is 166 Å². The molecule has 0 aliphatic carbocycles. The summed E-state index contributed by atoms with van der Waals surface area (Å²) in [5.74, 6) is -1.10. The van der Waals surface area contributed by atoms with Crippen molar-refractivity contribution in [2.24, 2.45) is 0 Å². The first-order valence-electron chi connectivity index (χ1n) is 8.81. The molecule has 0 atom stereocenters. The number of benzene rings is 2. The molecule has 2 N–H and O–H groups in total. The van der Waals surface area contributed by atoms with Gasteiger partial charge in [-0.2, -0.15) is 5.10 Å². The van der Waals surface area contributed by atoms with Gasteiger partial charge in [0.1, 0.15) is 12.3 Å². The Morgan fingerprint density at radius 2 is 1.86 bits per heavy atom. The second kappa shape index (κ2) is 8.83. The van der Waals surface area contributed by atoms with Crippen molar-refractivity contribution < 1.29 is 19.4 Å². The molecule has 0 saturated carbocycles. The van der Waals surface area contributed by atoms with E-state index in [1.807, 2.05) is 30.3 Å². The number of nitrogens with zero attached hydrogens (tertiary/aromatic N) is 2. The van der Waals surface area contributed by atoms with Gasteiger partial charge in [-0.1, -0.05) is 30.3 Å². The zero-order chi connectivity index (χ0) is 20.8. The number of carbonyl (C=O) groups excluding carboxylic acids is 1. The Morgan fingerprint density at radius 1 is 1.10 bits per heavy atom. The number of hydrogen-bond acceptors (Lipinski definition) is 5. The maximum Gasteiger partial charge on any atom is 0.341 e. The maximum atomic E-state index is 12.4. The van der Waals surface area contributed by atoms with Crippen molar-refractivity contribution in [1.82, 2.24) is 9.78 Å². The predicted octanol–water partition coefficient (Wildman–Crippen LogP) is 2.32. The Balaban J connectivity index is 1.71. The summed E-state index contributed by atoms with van der Waals surface area (Å²) >= 11 is 0. The molecule has 2 aromatic carbocycles. The van der Waals surface area contributed by atoms with Gasteiger partial charge in [0.05, 0.1) is 5.69 Å². The van der Waals surface area contributed by atoms with Crippen LogP contribution in [0.4, 0.5) is 5.69 Å². The van der Waals surface area contributed by atoms with Gasteiger partial charge in [-0.25, -0.2) is 9.48 Å². The fourth-order valence-corrected chi connectivity index (χ4v) is 2.66. The van der Waals surface area contributed by atoms with E-state index >= 15 is 0 Å². The highest BCUT2D eigenvalue weighted by molar-refractivity contribution is 5.91. The van der Waals surface area contributed by atoms with Crippen molar-refractivity contribution >= 4 is 17.6 Å². The van der Waals surface area contributed by atoms with Crippen LogP contribution in [0.15, 0.2) is 65.5 Å². The average Bonchev–Trinajstić information content (AvgIpc) is 2.70. The third kappa shape index (κ3) is 5.29. The molecule has 8 nitrogen and oxygen atoms in total. The molecule has 1 amide bonds. The number of nitrogens with one attached hydrogen (secondary N) is 1. The maximum absolute atomic E-state index is 12.4. The summed E-state index contributed by atoms with van der Waals surface area (Å²) in [4.78, 5) is 35.1. The number of amides is 1. The van der Waals surface area contributed by atoms with E-state index in [1.54, 1.807) is 31.2 Å². The van der Waals surface area contributed by atoms with E-state index < -0.39 is 18.5 Å². The SMILES string of the molecule is Cc1cc(OCC(=O)O)ccc1NC(=O)Cn1nc(-c2ccccc2)ccc1=O. The van der Waals surface area contributed by atoms with E-state index in [0.717, 1.165) is 10.2 Å². The monoisotopic (exact) mass is 393 g/mol. The number of carbonyl (C=O) groups is 2. The van der Waals surface area contributed by atoms with Crippen LogP contribution in [0.5, 0.6) is 5.75 Å². The second-order valence-corrected chi connectivity index (χ2v) is 6.29. The highest BCUT2D eigenvalue weighted by Gasteiger charge is 2.10. The minimum atomic E-state index is -1.07. The van der Waals surface area contributed by atoms with E-state index in [0.29, 0.717) is 22.7 Å². The first-order valence-corrected chi connectivity index (χ1v) is 8.81. The fourth-order valence-electron chi connectivity index (χ4n) is 2.66. The van der Waals surface area contributed by atoms with Crippen molar-refractivity contribution in [3.05, 3.63) is 76.6 Å². The molecule has 0 radical (unpaired) electrons. The van der Waals surface area contributed by atoms with E-state index in [9.17, 15) is 14.4 Å². The minimum absolute atomic E-state index is 0.240. The summed E-state index contributed by atoms with van der Waals surface area (Å²) < 4.78 is 6.22. The van der Waals surface area contributed by atoms with Crippen LogP contribution in [0, 0.1) is 6.92 Å². The largest absolute Gasteiger partial charge is 0.482 e. The molecular formula is C21H19N3O5. The van der Waals surface area contributed by atoms with Crippen molar-refractivity contribution in [1.29, 1.82) is 0 Å². The Bertz CT molecular complexity index is 1090. The number of aryl methyl sites for hydroxylation is 1. The van der Waals surface area contributed by atoms with E-state index in [-0.39, 0.29) is 12.1 Å². The average molecular weight is 393 g/mol.